The SMILES string of the molecule is CCOc1nc(N)nc(OC(C)COC)n1. The molecule has 1 aromatic rings. The van der Waals surface area contributed by atoms with E-state index in [2.05, 4.69) is 15.0 Å². The Morgan fingerprint density at radius 1 is 1.25 bits per heavy atom. The number of nitrogens with two attached hydrogens (primary N) is 1. The summed E-state index contributed by atoms with van der Waals surface area (Å²) in [6, 6.07) is 0.301. The molecular weight excluding hydrogens is 212 g/mol. The Labute approximate surface area is 94.0 Å². The lowest BCUT2D eigenvalue weighted by Crippen LogP contribution is -2.20. The molecular formula is C9H16N4O3. The minimum absolute atomic E-state index is 0.0677. The smallest absolute Gasteiger partial charge is 0.324 e. The molecule has 1 aromatic heterocycles. The minimum atomic E-state index is -0.165. The van der Waals surface area contributed by atoms with Crippen LogP contribution in [0.4, 0.5) is 5.95 Å². The van der Waals surface area contributed by atoms with Crippen LogP contribution in [0.5, 0.6) is 12.0 Å². The summed E-state index contributed by atoms with van der Waals surface area (Å²) in [5.74, 6) is 0.0677. The van der Waals surface area contributed by atoms with E-state index >= 15 is 0 Å². The molecule has 0 aliphatic carbocycles. The molecule has 0 amide bonds. The van der Waals surface area contributed by atoms with Crippen LogP contribution in [0.3, 0.4) is 0 Å². The Balaban J connectivity index is 2.71. The van der Waals surface area contributed by atoms with E-state index in [-0.39, 0.29) is 24.1 Å². The summed E-state index contributed by atoms with van der Waals surface area (Å²) in [5, 5.41) is 0. The molecule has 2 N–H and O–H groups in total. The van der Waals surface area contributed by atoms with Crippen LogP contribution in [0, 0.1) is 0 Å². The fourth-order valence-corrected chi connectivity index (χ4v) is 1.05. The molecule has 90 valence electrons. The number of methoxy groups -OCH3 is 1. The van der Waals surface area contributed by atoms with E-state index < -0.39 is 0 Å². The van der Waals surface area contributed by atoms with Crippen LogP contribution in [0.25, 0.3) is 0 Å². The Morgan fingerprint density at radius 3 is 2.56 bits per heavy atom. The van der Waals surface area contributed by atoms with Gasteiger partial charge in [-0.25, -0.2) is 0 Å². The van der Waals surface area contributed by atoms with Crippen molar-refractivity contribution in [2.45, 2.75) is 20.0 Å². The van der Waals surface area contributed by atoms with E-state index in [0.29, 0.717) is 13.2 Å². The van der Waals surface area contributed by atoms with E-state index in [1.807, 2.05) is 13.8 Å². The van der Waals surface area contributed by atoms with Gasteiger partial charge in [-0.1, -0.05) is 0 Å². The van der Waals surface area contributed by atoms with Crippen molar-refractivity contribution < 1.29 is 14.2 Å². The number of anilines is 1. The van der Waals surface area contributed by atoms with E-state index in [1.165, 1.54) is 0 Å². The second kappa shape index (κ2) is 6.06. The molecule has 1 atom stereocenters. The minimum Gasteiger partial charge on any atom is -0.464 e. The molecule has 0 bridgehead atoms. The van der Waals surface area contributed by atoms with Crippen molar-refractivity contribution in [2.24, 2.45) is 0 Å². The summed E-state index contributed by atoms with van der Waals surface area (Å²) in [6.07, 6.45) is -0.165. The van der Waals surface area contributed by atoms with Gasteiger partial charge >= 0.3 is 12.0 Å². The molecule has 0 aromatic carbocycles. The third-order valence-electron chi connectivity index (χ3n) is 1.59. The molecule has 0 saturated carbocycles. The second-order valence-corrected chi connectivity index (χ2v) is 3.08. The van der Waals surface area contributed by atoms with Gasteiger partial charge in [0.15, 0.2) is 0 Å². The average Bonchev–Trinajstić information content (AvgIpc) is 2.17. The zero-order valence-electron chi connectivity index (χ0n) is 9.64. The first-order valence-electron chi connectivity index (χ1n) is 4.95. The van der Waals surface area contributed by atoms with Gasteiger partial charge in [-0.15, -0.1) is 4.98 Å². The number of nitrogen functional groups attached to an aromatic ring is 1. The van der Waals surface area contributed by atoms with Crippen molar-refractivity contribution in [3.63, 3.8) is 0 Å². The van der Waals surface area contributed by atoms with Crippen molar-refractivity contribution in [3.8, 4) is 12.0 Å². The summed E-state index contributed by atoms with van der Waals surface area (Å²) in [4.78, 5) is 11.6. The molecule has 7 heteroatoms. The summed E-state index contributed by atoms with van der Waals surface area (Å²) >= 11 is 0. The first-order valence-corrected chi connectivity index (χ1v) is 4.95. The van der Waals surface area contributed by atoms with Crippen LogP contribution >= 0.6 is 0 Å². The van der Waals surface area contributed by atoms with Crippen LogP contribution in [-0.4, -0.2) is 41.4 Å². The molecule has 0 spiro atoms. The fraction of sp³-hybridized carbons (Fsp3) is 0.667. The lowest BCUT2D eigenvalue weighted by molar-refractivity contribution is 0.0846. The van der Waals surface area contributed by atoms with E-state index in [9.17, 15) is 0 Å². The zero-order valence-corrected chi connectivity index (χ0v) is 9.64. The average molecular weight is 228 g/mol. The van der Waals surface area contributed by atoms with Crippen molar-refractivity contribution in [1.82, 2.24) is 15.0 Å². The van der Waals surface area contributed by atoms with Crippen LogP contribution in [0.2, 0.25) is 0 Å². The van der Waals surface area contributed by atoms with Gasteiger partial charge in [0.2, 0.25) is 5.95 Å². The lowest BCUT2D eigenvalue weighted by atomic mass is 10.4. The van der Waals surface area contributed by atoms with E-state index in [0.717, 1.165) is 0 Å². The van der Waals surface area contributed by atoms with Crippen LogP contribution in [0.1, 0.15) is 13.8 Å². The zero-order chi connectivity index (χ0) is 12.0. The third kappa shape index (κ3) is 3.85. The number of ether oxygens (including phenoxy) is 3. The monoisotopic (exact) mass is 228 g/mol. The highest BCUT2D eigenvalue weighted by atomic mass is 16.5. The molecule has 7 nitrogen and oxygen atoms in total. The Hall–Kier alpha value is -1.63. The lowest BCUT2D eigenvalue weighted by Gasteiger charge is -2.12. The Kier molecular flexibility index (Phi) is 4.71. The number of hydrogen-bond donors (Lipinski definition) is 1. The maximum absolute atomic E-state index is 5.49. The Bertz CT molecular complexity index is 335. The van der Waals surface area contributed by atoms with Crippen LogP contribution in [-0.2, 0) is 4.74 Å². The van der Waals surface area contributed by atoms with Crippen molar-refractivity contribution in [2.75, 3.05) is 26.1 Å². The van der Waals surface area contributed by atoms with Gasteiger partial charge in [0.1, 0.15) is 6.10 Å². The predicted octanol–water partition coefficient (Wildman–Crippen LogP) is 0.266. The van der Waals surface area contributed by atoms with Gasteiger partial charge in [-0.05, 0) is 13.8 Å². The summed E-state index contributed by atoms with van der Waals surface area (Å²) in [6.45, 7) is 4.56. The highest BCUT2D eigenvalue weighted by Crippen LogP contribution is 2.12. The highest BCUT2D eigenvalue weighted by Gasteiger charge is 2.09. The first-order chi connectivity index (χ1) is 7.65. The van der Waals surface area contributed by atoms with Crippen molar-refractivity contribution in [3.05, 3.63) is 0 Å². The molecule has 1 heterocycles. The maximum atomic E-state index is 5.49. The predicted molar refractivity (Wildman–Crippen MR) is 57.4 cm³/mol. The summed E-state index contributed by atoms with van der Waals surface area (Å²) in [7, 11) is 1.59. The largest absolute Gasteiger partial charge is 0.464 e. The van der Waals surface area contributed by atoms with Gasteiger partial charge in [-0.2, -0.15) is 9.97 Å². The Morgan fingerprint density at radius 2 is 1.94 bits per heavy atom. The van der Waals surface area contributed by atoms with Gasteiger partial charge < -0.3 is 19.9 Å². The topological polar surface area (TPSA) is 92.4 Å². The first kappa shape index (κ1) is 12.4. The molecule has 1 rings (SSSR count). The molecule has 1 unspecified atom stereocenters. The van der Waals surface area contributed by atoms with Crippen molar-refractivity contribution >= 4 is 5.95 Å². The van der Waals surface area contributed by atoms with E-state index in [4.69, 9.17) is 19.9 Å². The number of hydrogen-bond acceptors (Lipinski definition) is 7. The third-order valence-corrected chi connectivity index (χ3v) is 1.59. The number of aromatic nitrogens is 3. The molecule has 16 heavy (non-hydrogen) atoms. The van der Waals surface area contributed by atoms with Gasteiger partial charge in [0.05, 0.1) is 13.2 Å². The molecule has 0 radical (unpaired) electrons. The van der Waals surface area contributed by atoms with Crippen LogP contribution < -0.4 is 15.2 Å². The summed E-state index contributed by atoms with van der Waals surface area (Å²) < 4.78 is 15.4. The molecule has 0 fully saturated rings. The molecule has 0 aliphatic heterocycles. The van der Waals surface area contributed by atoms with Gasteiger partial charge in [0.25, 0.3) is 0 Å². The normalized spacial score (nSPS) is 12.2. The molecule has 0 aliphatic rings. The number of nitrogens with zero attached hydrogens (tertiary/aromatic N) is 3. The standard InChI is InChI=1S/C9H16N4O3/c1-4-15-8-11-7(10)12-9(13-8)16-6(2)5-14-3/h6H,4-5H2,1-3H3,(H2,10,11,12,13). The molecule has 0 saturated heterocycles. The van der Waals surface area contributed by atoms with Gasteiger partial charge in [0, 0.05) is 7.11 Å². The number of rotatable bonds is 6. The summed E-state index contributed by atoms with van der Waals surface area (Å²) in [5.41, 5.74) is 5.49. The van der Waals surface area contributed by atoms with Crippen LogP contribution in [0.15, 0.2) is 0 Å². The second-order valence-electron chi connectivity index (χ2n) is 3.08. The maximum Gasteiger partial charge on any atom is 0.324 e. The quantitative estimate of drug-likeness (QED) is 0.746. The fourth-order valence-electron chi connectivity index (χ4n) is 1.05. The van der Waals surface area contributed by atoms with E-state index in [1.54, 1.807) is 7.11 Å². The highest BCUT2D eigenvalue weighted by molar-refractivity contribution is 5.20. The van der Waals surface area contributed by atoms with Gasteiger partial charge in [-0.3, -0.25) is 0 Å². The van der Waals surface area contributed by atoms with Crippen molar-refractivity contribution in [1.29, 1.82) is 0 Å².